The molecule has 0 aromatic carbocycles. The first-order valence-electron chi connectivity index (χ1n) is 7.31. The first-order chi connectivity index (χ1) is 9.08. The maximum atomic E-state index is 12.3. The normalized spacial score (nSPS) is 35.0. The molecular weight excluding hydrogens is 359 g/mol. The van der Waals surface area contributed by atoms with Crippen LogP contribution in [0.25, 0.3) is 0 Å². The predicted octanol–water partition coefficient (Wildman–Crippen LogP) is -0.631. The quantitative estimate of drug-likeness (QED) is 0.344. The van der Waals surface area contributed by atoms with E-state index in [4.69, 9.17) is 0 Å². The number of Topliss-reactive ketones (excluding diaryl/α,β-unsaturated/α-hetero) is 1. The molecule has 2 fully saturated rings. The van der Waals surface area contributed by atoms with E-state index in [2.05, 4.69) is 22.6 Å². The number of hydrogen-bond donors (Lipinski definition) is 3. The lowest BCUT2D eigenvalue weighted by Gasteiger charge is -2.35. The molecule has 2 rings (SSSR count). The summed E-state index contributed by atoms with van der Waals surface area (Å²) in [6, 6.07) is -0.334. The molecule has 3 N–H and O–H groups in total. The molecule has 1 saturated heterocycles. The van der Waals surface area contributed by atoms with E-state index in [9.17, 15) is 15.2 Å². The van der Waals surface area contributed by atoms with E-state index < -0.39 is 5.23 Å². The molecule has 0 amide bonds. The van der Waals surface area contributed by atoms with Crippen molar-refractivity contribution in [2.75, 3.05) is 19.6 Å². The summed E-state index contributed by atoms with van der Waals surface area (Å²) in [4.78, 5) is 13.7. The summed E-state index contributed by atoms with van der Waals surface area (Å²) < 4.78 is 0.182. The van der Waals surface area contributed by atoms with Crippen LogP contribution in [0.2, 0.25) is 0 Å². The number of carbonyl (C=O) groups excluding carboxylic acids is 1. The highest BCUT2D eigenvalue weighted by Crippen LogP contribution is 2.28. The molecule has 6 heteroatoms. The molecule has 4 unspecified atom stereocenters. The fourth-order valence-corrected chi connectivity index (χ4v) is 4.26. The van der Waals surface area contributed by atoms with Gasteiger partial charge in [0.05, 0.1) is 17.0 Å². The minimum absolute atomic E-state index is 0.0125. The monoisotopic (exact) mass is 383 g/mol. The topological polar surface area (TPSA) is 69.2 Å². The van der Waals surface area contributed by atoms with Gasteiger partial charge >= 0.3 is 0 Å². The zero-order valence-electron chi connectivity index (χ0n) is 11.2. The van der Waals surface area contributed by atoms with Gasteiger partial charge in [0.25, 0.3) is 0 Å². The molecule has 1 aliphatic carbocycles. The van der Waals surface area contributed by atoms with Crippen LogP contribution in [0.15, 0.2) is 0 Å². The number of rotatable bonds is 4. The van der Waals surface area contributed by atoms with Crippen LogP contribution in [0, 0.1) is 11.1 Å². The maximum Gasteiger partial charge on any atom is 0.190 e. The molecule has 1 saturated carbocycles. The number of hydrogen-bond acceptors (Lipinski definition) is 3. The Morgan fingerprint density at radius 2 is 2.00 bits per heavy atom. The number of quaternary nitrogens is 2. The Kier molecular flexibility index (Phi) is 6.01. The summed E-state index contributed by atoms with van der Waals surface area (Å²) >= 11 is 2.23. The molecule has 0 aromatic rings. The van der Waals surface area contributed by atoms with E-state index in [1.165, 1.54) is 24.2 Å². The molecule has 19 heavy (non-hydrogen) atoms. The van der Waals surface area contributed by atoms with Gasteiger partial charge in [-0.2, -0.15) is 0 Å². The average molecular weight is 383 g/mol. The summed E-state index contributed by atoms with van der Waals surface area (Å²) in [6.07, 6.45) is 6.03. The van der Waals surface area contributed by atoms with E-state index in [1.807, 2.05) is 0 Å². The summed E-state index contributed by atoms with van der Waals surface area (Å²) in [6.45, 7) is 2.83. The van der Waals surface area contributed by atoms with E-state index in [-0.39, 0.29) is 15.9 Å². The van der Waals surface area contributed by atoms with Crippen LogP contribution >= 0.6 is 22.6 Å². The van der Waals surface area contributed by atoms with Gasteiger partial charge < -0.3 is 10.1 Å². The summed E-state index contributed by atoms with van der Waals surface area (Å²) in [5.74, 6) is 0.285. The van der Waals surface area contributed by atoms with Crippen molar-refractivity contribution in [3.8, 4) is 0 Å². The molecule has 110 valence electrons. The Bertz CT molecular complexity index is 308. The van der Waals surface area contributed by atoms with Crippen LogP contribution in [-0.4, -0.2) is 40.6 Å². The molecule has 1 heterocycles. The number of alkyl halides is 1. The molecule has 0 spiro atoms. The third-order valence-electron chi connectivity index (χ3n) is 4.52. The van der Waals surface area contributed by atoms with E-state index in [1.54, 1.807) is 0 Å². The molecular formula is C13H24IN2O3+. The van der Waals surface area contributed by atoms with Gasteiger partial charge in [0.2, 0.25) is 0 Å². The Morgan fingerprint density at radius 1 is 1.32 bits per heavy atom. The maximum absolute atomic E-state index is 12.3. The third kappa shape index (κ3) is 4.35. The van der Waals surface area contributed by atoms with Crippen LogP contribution in [0.3, 0.4) is 0 Å². The van der Waals surface area contributed by atoms with Crippen LogP contribution in [0.1, 0.15) is 38.5 Å². The van der Waals surface area contributed by atoms with Gasteiger partial charge in [-0.3, -0.25) is 4.79 Å². The zero-order valence-corrected chi connectivity index (χ0v) is 13.4. The summed E-state index contributed by atoms with van der Waals surface area (Å²) in [5.41, 5.74) is 0. The fraction of sp³-hybridized carbons (Fsp3) is 0.923. The highest BCUT2D eigenvalue weighted by molar-refractivity contribution is 14.1. The largest absolute Gasteiger partial charge is 0.600 e. The van der Waals surface area contributed by atoms with Gasteiger partial charge in [-0.15, -0.1) is 0 Å². The zero-order chi connectivity index (χ0) is 13.8. The highest BCUT2D eigenvalue weighted by atomic mass is 127. The Balaban J connectivity index is 1.85. The second kappa shape index (κ2) is 7.31. The Morgan fingerprint density at radius 3 is 2.63 bits per heavy atom. The van der Waals surface area contributed by atoms with Gasteiger partial charge in [-0.25, -0.2) is 10.4 Å². The molecule has 0 bridgehead atoms. The van der Waals surface area contributed by atoms with Gasteiger partial charge in [-0.1, -0.05) is 22.6 Å². The van der Waals surface area contributed by atoms with Gasteiger partial charge in [0, 0.05) is 12.3 Å². The van der Waals surface area contributed by atoms with Gasteiger partial charge in [0.1, 0.15) is 12.6 Å². The van der Waals surface area contributed by atoms with Crippen LogP contribution in [0.4, 0.5) is 0 Å². The molecule has 4 atom stereocenters. The van der Waals surface area contributed by atoms with Gasteiger partial charge in [0.15, 0.2) is 5.78 Å². The third-order valence-corrected chi connectivity index (χ3v) is 6.01. The Labute approximate surface area is 128 Å². The molecule has 2 aliphatic rings. The number of nitrogens with one attached hydrogen (secondary N) is 2. The van der Waals surface area contributed by atoms with Crippen LogP contribution in [0.5, 0.6) is 0 Å². The van der Waals surface area contributed by atoms with Crippen molar-refractivity contribution in [2.45, 2.75) is 48.5 Å². The van der Waals surface area contributed by atoms with E-state index in [0.29, 0.717) is 18.7 Å². The first-order valence-corrected chi connectivity index (χ1v) is 8.55. The van der Waals surface area contributed by atoms with Crippen molar-refractivity contribution in [1.29, 1.82) is 0 Å². The van der Waals surface area contributed by atoms with Crippen LogP contribution in [-0.2, 0) is 4.79 Å². The minimum atomic E-state index is -0.734. The number of ketones is 1. The van der Waals surface area contributed by atoms with Gasteiger partial charge in [-0.05, 0) is 32.1 Å². The lowest BCUT2D eigenvalue weighted by Crippen LogP contribution is -3.13. The number of piperidine rings is 1. The summed E-state index contributed by atoms with van der Waals surface area (Å²) in [7, 11) is 0. The number of hydroxylamine groups is 2. The van der Waals surface area contributed by atoms with Crippen molar-refractivity contribution >= 4 is 28.4 Å². The van der Waals surface area contributed by atoms with Crippen molar-refractivity contribution < 1.29 is 20.1 Å². The lowest BCUT2D eigenvalue weighted by atomic mass is 9.83. The number of carbonyl (C=O) groups is 1. The fourth-order valence-electron chi connectivity index (χ4n) is 3.30. The minimum Gasteiger partial charge on any atom is -0.600 e. The summed E-state index contributed by atoms with van der Waals surface area (Å²) in [5, 5.41) is 19.7. The van der Waals surface area contributed by atoms with Crippen molar-refractivity contribution in [1.82, 2.24) is 0 Å². The average Bonchev–Trinajstić information content (AvgIpc) is 2.40. The highest BCUT2D eigenvalue weighted by Gasteiger charge is 2.37. The second-order valence-corrected chi connectivity index (χ2v) is 7.52. The number of likely N-dealkylation sites (tertiary alicyclic amines) is 1. The lowest BCUT2D eigenvalue weighted by molar-refractivity contribution is -1.07. The SMILES string of the molecule is O=C(C[NH+]1CCCCC1)C1CCC(I)C([NH+]([O-])O)C1. The molecule has 0 radical (unpaired) electrons. The molecule has 5 nitrogen and oxygen atoms in total. The van der Waals surface area contributed by atoms with E-state index >= 15 is 0 Å². The van der Waals surface area contributed by atoms with Crippen LogP contribution < -0.4 is 10.1 Å². The van der Waals surface area contributed by atoms with Crippen molar-refractivity contribution in [2.24, 2.45) is 5.92 Å². The van der Waals surface area contributed by atoms with E-state index in [0.717, 1.165) is 25.9 Å². The standard InChI is InChI=1S/C13H23IN2O3/c14-11-5-4-10(8-12(11)16(18)19)13(17)9-15-6-2-1-3-7-15/h10-12,16,18H,1-9H2/p+1. The van der Waals surface area contributed by atoms with Crippen molar-refractivity contribution in [3.05, 3.63) is 5.21 Å². The first kappa shape index (κ1) is 15.6. The molecule has 0 aromatic heterocycles. The van der Waals surface area contributed by atoms with Crippen molar-refractivity contribution in [3.63, 3.8) is 0 Å². The Hall–Kier alpha value is 0.240. The number of halogens is 1. The molecule has 1 aliphatic heterocycles. The smallest absolute Gasteiger partial charge is 0.190 e. The second-order valence-electron chi connectivity index (χ2n) is 5.92. The predicted molar refractivity (Wildman–Crippen MR) is 79.5 cm³/mol.